The molecule has 1 atom stereocenters. The van der Waals surface area contributed by atoms with E-state index in [-0.39, 0.29) is 21.6 Å². The first-order valence-electron chi connectivity index (χ1n) is 6.27. The Hall–Kier alpha value is -0.430. The molecule has 7 heteroatoms. The van der Waals surface area contributed by atoms with Gasteiger partial charge in [-0.3, -0.25) is 0 Å². The van der Waals surface area contributed by atoms with Gasteiger partial charge in [0.2, 0.25) is 0 Å². The Morgan fingerprint density at radius 2 is 1.81 bits per heavy atom. The van der Waals surface area contributed by atoms with Gasteiger partial charge < -0.3 is 9.47 Å². The van der Waals surface area contributed by atoms with Gasteiger partial charge in [0.25, 0.3) is 0 Å². The average molecular weight is 434 g/mol. The van der Waals surface area contributed by atoms with Crippen molar-refractivity contribution < 1.29 is 22.6 Å². The number of benzene rings is 1. The second-order valence-electron chi connectivity index (χ2n) is 5.67. The van der Waals surface area contributed by atoms with Crippen LogP contribution in [0.1, 0.15) is 20.8 Å². The van der Waals surface area contributed by atoms with Crippen LogP contribution < -0.4 is 9.47 Å². The highest BCUT2D eigenvalue weighted by atomic mass is 79.9. The molecule has 0 amide bonds. The zero-order valence-electron chi connectivity index (χ0n) is 11.9. The maximum absolute atomic E-state index is 12.2. The Labute approximate surface area is 139 Å². The lowest BCUT2D eigenvalue weighted by molar-refractivity contribution is -0.274. The summed E-state index contributed by atoms with van der Waals surface area (Å²) < 4.78 is 46.3. The molecule has 0 fully saturated rings. The maximum Gasteiger partial charge on any atom is 0.573 e. The lowest BCUT2D eigenvalue weighted by Gasteiger charge is -2.29. The highest BCUT2D eigenvalue weighted by Gasteiger charge is 2.32. The van der Waals surface area contributed by atoms with Crippen molar-refractivity contribution in [1.29, 1.82) is 0 Å². The molecule has 0 saturated heterocycles. The normalized spacial score (nSPS) is 13.9. The summed E-state index contributed by atoms with van der Waals surface area (Å²) >= 11 is 6.50. The van der Waals surface area contributed by atoms with Crippen LogP contribution in [0.2, 0.25) is 0 Å². The second-order valence-corrected chi connectivity index (χ2v) is 7.17. The standard InChI is InChI=1S/C14H17Br2F3O2/c1-13(2,3)9(7-15)8-20-10-4-5-12(11(16)6-10)21-14(17,18)19/h4-6,9H,7-8H2,1-3H3. The van der Waals surface area contributed by atoms with Gasteiger partial charge in [0, 0.05) is 11.2 Å². The summed E-state index contributed by atoms with van der Waals surface area (Å²) in [6.07, 6.45) is -4.71. The van der Waals surface area contributed by atoms with Gasteiger partial charge in [0.05, 0.1) is 11.1 Å². The smallest absolute Gasteiger partial charge is 0.493 e. The van der Waals surface area contributed by atoms with Gasteiger partial charge in [-0.15, -0.1) is 13.2 Å². The minimum absolute atomic E-state index is 0.0695. The van der Waals surface area contributed by atoms with Crippen molar-refractivity contribution in [3.05, 3.63) is 22.7 Å². The summed E-state index contributed by atoms with van der Waals surface area (Å²) in [6.45, 7) is 6.80. The van der Waals surface area contributed by atoms with Crippen molar-refractivity contribution in [2.45, 2.75) is 27.1 Å². The number of rotatable bonds is 5. The van der Waals surface area contributed by atoms with E-state index in [0.717, 1.165) is 5.33 Å². The Bertz CT molecular complexity index is 470. The summed E-state index contributed by atoms with van der Waals surface area (Å²) in [6, 6.07) is 4.15. The molecular formula is C14H17Br2F3O2. The van der Waals surface area contributed by atoms with E-state index < -0.39 is 6.36 Å². The Kier molecular flexibility index (Phi) is 6.40. The predicted octanol–water partition coefficient (Wildman–Crippen LogP) is 5.78. The van der Waals surface area contributed by atoms with Crippen LogP contribution in [0.15, 0.2) is 22.7 Å². The fourth-order valence-corrected chi connectivity index (χ4v) is 3.10. The molecule has 2 nitrogen and oxygen atoms in total. The molecule has 1 unspecified atom stereocenters. The fourth-order valence-electron chi connectivity index (χ4n) is 1.50. The molecular weight excluding hydrogens is 417 g/mol. The van der Waals surface area contributed by atoms with E-state index in [9.17, 15) is 13.2 Å². The van der Waals surface area contributed by atoms with Gasteiger partial charge in [-0.05, 0) is 39.5 Å². The van der Waals surface area contributed by atoms with Crippen LogP contribution in [-0.4, -0.2) is 18.3 Å². The summed E-state index contributed by atoms with van der Waals surface area (Å²) in [7, 11) is 0. The van der Waals surface area contributed by atoms with Gasteiger partial charge in [-0.1, -0.05) is 36.7 Å². The Balaban J connectivity index is 2.72. The van der Waals surface area contributed by atoms with E-state index in [1.807, 2.05) is 0 Å². The summed E-state index contributed by atoms with van der Waals surface area (Å²) in [5.41, 5.74) is 0.0695. The molecule has 0 saturated carbocycles. The summed E-state index contributed by atoms with van der Waals surface area (Å²) in [4.78, 5) is 0. The Morgan fingerprint density at radius 3 is 2.24 bits per heavy atom. The molecule has 1 aromatic carbocycles. The molecule has 0 radical (unpaired) electrons. The quantitative estimate of drug-likeness (QED) is 0.547. The van der Waals surface area contributed by atoms with Crippen LogP contribution in [0.3, 0.4) is 0 Å². The first-order valence-corrected chi connectivity index (χ1v) is 8.18. The van der Waals surface area contributed by atoms with Crippen LogP contribution in [0, 0.1) is 11.3 Å². The molecule has 0 aliphatic rings. The molecule has 0 bridgehead atoms. The largest absolute Gasteiger partial charge is 0.573 e. The Morgan fingerprint density at radius 1 is 1.19 bits per heavy atom. The molecule has 0 aliphatic heterocycles. The van der Waals surface area contributed by atoms with Crippen molar-refractivity contribution in [3.8, 4) is 11.5 Å². The molecule has 0 aliphatic carbocycles. The highest BCUT2D eigenvalue weighted by Crippen LogP contribution is 2.34. The molecule has 1 aromatic rings. The van der Waals surface area contributed by atoms with E-state index in [2.05, 4.69) is 57.4 Å². The van der Waals surface area contributed by atoms with Crippen LogP contribution in [0.5, 0.6) is 11.5 Å². The van der Waals surface area contributed by atoms with E-state index >= 15 is 0 Å². The summed E-state index contributed by atoms with van der Waals surface area (Å²) in [5.74, 6) is 0.483. The first kappa shape index (κ1) is 18.6. The number of hydrogen-bond acceptors (Lipinski definition) is 2. The fraction of sp³-hybridized carbons (Fsp3) is 0.571. The van der Waals surface area contributed by atoms with Gasteiger partial charge in [-0.25, -0.2) is 0 Å². The lowest BCUT2D eigenvalue weighted by atomic mass is 9.83. The molecule has 21 heavy (non-hydrogen) atoms. The maximum atomic E-state index is 12.2. The van der Waals surface area contributed by atoms with Gasteiger partial charge in [0.15, 0.2) is 0 Å². The van der Waals surface area contributed by atoms with Crippen LogP contribution >= 0.6 is 31.9 Å². The zero-order valence-corrected chi connectivity index (χ0v) is 15.1. The SMILES string of the molecule is CC(C)(C)C(CBr)COc1ccc(OC(F)(F)F)c(Br)c1. The minimum atomic E-state index is -4.71. The van der Waals surface area contributed by atoms with Crippen LogP contribution in [0.25, 0.3) is 0 Å². The predicted molar refractivity (Wildman–Crippen MR) is 83.1 cm³/mol. The van der Waals surface area contributed by atoms with E-state index in [1.165, 1.54) is 18.2 Å². The van der Waals surface area contributed by atoms with Gasteiger partial charge in [-0.2, -0.15) is 0 Å². The van der Waals surface area contributed by atoms with Crippen LogP contribution in [-0.2, 0) is 0 Å². The molecule has 120 valence electrons. The van der Waals surface area contributed by atoms with Crippen molar-refractivity contribution in [3.63, 3.8) is 0 Å². The van der Waals surface area contributed by atoms with Crippen molar-refractivity contribution in [2.75, 3.05) is 11.9 Å². The van der Waals surface area contributed by atoms with Crippen molar-refractivity contribution >= 4 is 31.9 Å². The van der Waals surface area contributed by atoms with E-state index in [4.69, 9.17) is 4.74 Å². The monoisotopic (exact) mass is 432 g/mol. The number of hydrogen-bond donors (Lipinski definition) is 0. The lowest BCUT2D eigenvalue weighted by Crippen LogP contribution is -2.27. The topological polar surface area (TPSA) is 18.5 Å². The van der Waals surface area contributed by atoms with Crippen molar-refractivity contribution in [1.82, 2.24) is 0 Å². The third-order valence-electron chi connectivity index (χ3n) is 2.99. The van der Waals surface area contributed by atoms with Crippen LogP contribution in [0.4, 0.5) is 13.2 Å². The van der Waals surface area contributed by atoms with Gasteiger partial charge >= 0.3 is 6.36 Å². The average Bonchev–Trinajstić information content (AvgIpc) is 2.30. The van der Waals surface area contributed by atoms with E-state index in [1.54, 1.807) is 0 Å². The third kappa shape index (κ3) is 6.46. The van der Waals surface area contributed by atoms with E-state index in [0.29, 0.717) is 12.4 Å². The highest BCUT2D eigenvalue weighted by molar-refractivity contribution is 9.10. The zero-order chi connectivity index (χ0) is 16.3. The number of alkyl halides is 4. The number of ether oxygens (including phenoxy) is 2. The molecule has 1 rings (SSSR count). The first-order chi connectivity index (χ1) is 9.53. The molecule has 0 aromatic heterocycles. The van der Waals surface area contributed by atoms with Crippen molar-refractivity contribution in [2.24, 2.45) is 11.3 Å². The van der Waals surface area contributed by atoms with Gasteiger partial charge in [0.1, 0.15) is 11.5 Å². The third-order valence-corrected chi connectivity index (χ3v) is 4.39. The number of halogens is 5. The molecule has 0 spiro atoms. The molecule has 0 N–H and O–H groups in total. The second kappa shape index (κ2) is 7.22. The molecule has 0 heterocycles. The summed E-state index contributed by atoms with van der Waals surface area (Å²) in [5, 5.41) is 0.785. The minimum Gasteiger partial charge on any atom is -0.493 e.